The molecule has 1 aromatic rings. The first-order valence-corrected chi connectivity index (χ1v) is 7.59. The van der Waals surface area contributed by atoms with Gasteiger partial charge in [0.05, 0.1) is 5.56 Å². The summed E-state index contributed by atoms with van der Waals surface area (Å²) >= 11 is 0. The van der Waals surface area contributed by atoms with Crippen molar-refractivity contribution < 1.29 is 14.7 Å². The van der Waals surface area contributed by atoms with Crippen molar-refractivity contribution in [3.05, 3.63) is 35.4 Å². The number of carbonyl (C=O) groups excluding carboxylic acids is 1. The summed E-state index contributed by atoms with van der Waals surface area (Å²) in [6, 6.07) is 7.10. The van der Waals surface area contributed by atoms with E-state index in [2.05, 4.69) is 13.8 Å². The number of aromatic carboxylic acids is 1. The predicted molar refractivity (Wildman–Crippen MR) is 81.3 cm³/mol. The molecule has 4 nitrogen and oxygen atoms in total. The van der Waals surface area contributed by atoms with Crippen LogP contribution in [0.25, 0.3) is 0 Å². The van der Waals surface area contributed by atoms with Gasteiger partial charge in [0.25, 0.3) is 0 Å². The molecule has 0 bridgehead atoms. The molecule has 1 amide bonds. The maximum atomic E-state index is 12.3. The standard InChI is InChI=1S/C17H23NO3/c1-12-3-4-13(2)18(11-12)16(19)10-7-14-5-8-15(9-6-14)17(20)21/h5-6,8-9,12-13H,3-4,7,10-11H2,1-2H3,(H,20,21)/t12-,13+/m0/s1. The summed E-state index contributed by atoms with van der Waals surface area (Å²) in [5.74, 6) is -0.134. The molecule has 114 valence electrons. The maximum Gasteiger partial charge on any atom is 0.335 e. The molecule has 0 aromatic heterocycles. The molecule has 1 fully saturated rings. The molecule has 2 atom stereocenters. The zero-order valence-corrected chi connectivity index (χ0v) is 12.7. The van der Waals surface area contributed by atoms with E-state index in [9.17, 15) is 9.59 Å². The van der Waals surface area contributed by atoms with Crippen LogP contribution in [0.1, 0.15) is 49.0 Å². The highest BCUT2D eigenvalue weighted by Crippen LogP contribution is 2.22. The number of benzene rings is 1. The normalized spacial score (nSPS) is 22.1. The highest BCUT2D eigenvalue weighted by atomic mass is 16.4. The van der Waals surface area contributed by atoms with Gasteiger partial charge in [-0.1, -0.05) is 19.1 Å². The minimum atomic E-state index is -0.922. The van der Waals surface area contributed by atoms with Crippen molar-refractivity contribution in [1.29, 1.82) is 0 Å². The SMILES string of the molecule is C[C@H]1CC[C@@H](C)N(C(=O)CCc2ccc(C(=O)O)cc2)C1. The van der Waals surface area contributed by atoms with Gasteiger partial charge in [0.15, 0.2) is 0 Å². The number of hydrogen-bond acceptors (Lipinski definition) is 2. The molecule has 1 aliphatic rings. The lowest BCUT2D eigenvalue weighted by Crippen LogP contribution is -2.45. The van der Waals surface area contributed by atoms with Crippen molar-refractivity contribution in [3.63, 3.8) is 0 Å². The maximum absolute atomic E-state index is 12.3. The average molecular weight is 289 g/mol. The molecule has 1 heterocycles. The lowest BCUT2D eigenvalue weighted by Gasteiger charge is -2.37. The van der Waals surface area contributed by atoms with Crippen molar-refractivity contribution in [1.82, 2.24) is 4.90 Å². The number of hydrogen-bond donors (Lipinski definition) is 1. The monoisotopic (exact) mass is 289 g/mol. The Bertz CT molecular complexity index is 509. The van der Waals surface area contributed by atoms with Gasteiger partial charge in [-0.3, -0.25) is 4.79 Å². The van der Waals surface area contributed by atoms with Crippen LogP contribution in [0.3, 0.4) is 0 Å². The third-order valence-electron chi connectivity index (χ3n) is 4.27. The molecule has 1 aromatic carbocycles. The molecule has 0 radical (unpaired) electrons. The van der Waals surface area contributed by atoms with Crippen LogP contribution in [-0.2, 0) is 11.2 Å². The van der Waals surface area contributed by atoms with Gasteiger partial charge in [-0.25, -0.2) is 4.79 Å². The second-order valence-electron chi connectivity index (χ2n) is 6.08. The van der Waals surface area contributed by atoms with Crippen molar-refractivity contribution in [2.45, 2.75) is 45.6 Å². The quantitative estimate of drug-likeness (QED) is 0.927. The van der Waals surface area contributed by atoms with Crippen LogP contribution in [0, 0.1) is 5.92 Å². The Morgan fingerprint density at radius 2 is 1.86 bits per heavy atom. The van der Waals surface area contributed by atoms with Crippen molar-refractivity contribution in [3.8, 4) is 0 Å². The van der Waals surface area contributed by atoms with E-state index in [0.29, 0.717) is 24.8 Å². The van der Waals surface area contributed by atoms with Gasteiger partial charge in [-0.2, -0.15) is 0 Å². The van der Waals surface area contributed by atoms with Crippen molar-refractivity contribution in [2.75, 3.05) is 6.54 Å². The lowest BCUT2D eigenvalue weighted by molar-refractivity contribution is -0.135. The van der Waals surface area contributed by atoms with Gasteiger partial charge in [-0.05, 0) is 49.8 Å². The molecule has 1 saturated heterocycles. The fraction of sp³-hybridized carbons (Fsp3) is 0.529. The van der Waals surface area contributed by atoms with Gasteiger partial charge in [-0.15, -0.1) is 0 Å². The van der Waals surface area contributed by atoms with Crippen molar-refractivity contribution >= 4 is 11.9 Å². The molecular formula is C17H23NO3. The molecular weight excluding hydrogens is 266 g/mol. The number of carboxylic acid groups (broad SMARTS) is 1. The second-order valence-corrected chi connectivity index (χ2v) is 6.08. The first-order valence-electron chi connectivity index (χ1n) is 7.59. The van der Waals surface area contributed by atoms with E-state index < -0.39 is 5.97 Å². The van der Waals surface area contributed by atoms with Crippen LogP contribution in [0.5, 0.6) is 0 Å². The lowest BCUT2D eigenvalue weighted by atomic mass is 9.94. The minimum absolute atomic E-state index is 0.205. The summed E-state index contributed by atoms with van der Waals surface area (Å²) in [5.41, 5.74) is 1.29. The van der Waals surface area contributed by atoms with Gasteiger partial charge in [0, 0.05) is 19.0 Å². The summed E-state index contributed by atoms with van der Waals surface area (Å²) in [6.45, 7) is 5.17. The van der Waals surface area contributed by atoms with E-state index in [1.165, 1.54) is 6.42 Å². The van der Waals surface area contributed by atoms with E-state index in [1.54, 1.807) is 24.3 Å². The zero-order chi connectivity index (χ0) is 15.4. The summed E-state index contributed by atoms with van der Waals surface area (Å²) in [5, 5.41) is 8.86. The molecule has 1 N–H and O–H groups in total. The van der Waals surface area contributed by atoms with E-state index in [-0.39, 0.29) is 11.5 Å². The number of amides is 1. The van der Waals surface area contributed by atoms with Crippen LogP contribution in [0.15, 0.2) is 24.3 Å². The summed E-state index contributed by atoms with van der Waals surface area (Å²) in [6.07, 6.45) is 3.43. The van der Waals surface area contributed by atoms with Crippen LogP contribution in [-0.4, -0.2) is 34.5 Å². The van der Waals surface area contributed by atoms with Crippen LogP contribution >= 0.6 is 0 Å². The molecule has 0 aliphatic carbocycles. The number of carbonyl (C=O) groups is 2. The van der Waals surface area contributed by atoms with Crippen LogP contribution in [0.4, 0.5) is 0 Å². The first-order chi connectivity index (χ1) is 9.97. The smallest absolute Gasteiger partial charge is 0.335 e. The number of rotatable bonds is 4. The van der Waals surface area contributed by atoms with E-state index in [0.717, 1.165) is 18.5 Å². The second kappa shape index (κ2) is 6.74. The number of piperidine rings is 1. The Balaban J connectivity index is 1.89. The third-order valence-corrected chi connectivity index (χ3v) is 4.27. The Morgan fingerprint density at radius 1 is 1.19 bits per heavy atom. The number of aryl methyl sites for hydroxylation is 1. The Kier molecular flexibility index (Phi) is 4.99. The first kappa shape index (κ1) is 15.5. The largest absolute Gasteiger partial charge is 0.478 e. The molecule has 0 saturated carbocycles. The predicted octanol–water partition coefficient (Wildman–Crippen LogP) is 2.96. The third kappa shape index (κ3) is 4.06. The average Bonchev–Trinajstić information content (AvgIpc) is 2.47. The Hall–Kier alpha value is -1.84. The number of nitrogens with zero attached hydrogens (tertiary/aromatic N) is 1. The zero-order valence-electron chi connectivity index (χ0n) is 12.7. The van der Waals surface area contributed by atoms with E-state index >= 15 is 0 Å². The Morgan fingerprint density at radius 3 is 2.48 bits per heavy atom. The molecule has 21 heavy (non-hydrogen) atoms. The Labute approximate surface area is 125 Å². The minimum Gasteiger partial charge on any atom is -0.478 e. The van der Waals surface area contributed by atoms with E-state index in [1.807, 2.05) is 4.90 Å². The van der Waals surface area contributed by atoms with Gasteiger partial charge in [0.1, 0.15) is 0 Å². The number of likely N-dealkylation sites (tertiary alicyclic amines) is 1. The molecule has 1 aliphatic heterocycles. The number of carboxylic acids is 1. The fourth-order valence-electron chi connectivity index (χ4n) is 2.85. The van der Waals surface area contributed by atoms with Gasteiger partial charge in [0.2, 0.25) is 5.91 Å². The molecule has 0 unspecified atom stereocenters. The molecule has 4 heteroatoms. The van der Waals surface area contributed by atoms with Crippen molar-refractivity contribution in [2.24, 2.45) is 5.92 Å². The van der Waals surface area contributed by atoms with Gasteiger partial charge >= 0.3 is 5.97 Å². The van der Waals surface area contributed by atoms with Crippen LogP contribution in [0.2, 0.25) is 0 Å². The summed E-state index contributed by atoms with van der Waals surface area (Å²) < 4.78 is 0. The van der Waals surface area contributed by atoms with Gasteiger partial charge < -0.3 is 10.0 Å². The highest BCUT2D eigenvalue weighted by molar-refractivity contribution is 5.87. The highest BCUT2D eigenvalue weighted by Gasteiger charge is 2.26. The summed E-state index contributed by atoms with van der Waals surface area (Å²) in [4.78, 5) is 25.1. The van der Waals surface area contributed by atoms with Crippen LogP contribution < -0.4 is 0 Å². The fourth-order valence-corrected chi connectivity index (χ4v) is 2.85. The van der Waals surface area contributed by atoms with E-state index in [4.69, 9.17) is 5.11 Å². The summed E-state index contributed by atoms with van der Waals surface area (Å²) in [7, 11) is 0. The topological polar surface area (TPSA) is 57.6 Å². The molecule has 0 spiro atoms. The molecule has 2 rings (SSSR count).